The van der Waals surface area contributed by atoms with Crippen LogP contribution in [0.25, 0.3) is 21.9 Å². The molecule has 0 aliphatic heterocycles. The lowest BCUT2D eigenvalue weighted by atomic mass is 10.1. The Balaban J connectivity index is 2.47. The first kappa shape index (κ1) is 17.9. The van der Waals surface area contributed by atoms with Crippen LogP contribution in [0.5, 0.6) is 5.75 Å². The maximum Gasteiger partial charge on any atom is 0.335 e. The molecule has 0 radical (unpaired) electrons. The lowest BCUT2D eigenvalue weighted by molar-refractivity contribution is 0.0697. The molecule has 0 fully saturated rings. The topological polar surface area (TPSA) is 137 Å². The second-order valence-corrected chi connectivity index (χ2v) is 7.49. The molecule has 3 rings (SSSR count). The van der Waals surface area contributed by atoms with Crippen LogP contribution in [-0.4, -0.2) is 25.6 Å². The number of nitrogens with two attached hydrogens (primary N) is 1. The van der Waals surface area contributed by atoms with Crippen molar-refractivity contribution < 1.29 is 27.5 Å². The quantitative estimate of drug-likeness (QED) is 0.664. The van der Waals surface area contributed by atoms with Gasteiger partial charge < -0.3 is 14.3 Å². The van der Waals surface area contributed by atoms with Crippen molar-refractivity contribution in [1.82, 2.24) is 0 Å². The molecule has 1 aromatic heterocycles. The number of carboxylic acid groups (broad SMARTS) is 1. The van der Waals surface area contributed by atoms with Crippen molar-refractivity contribution in [3.8, 4) is 5.75 Å². The van der Waals surface area contributed by atoms with Crippen molar-refractivity contribution in [3.05, 3.63) is 46.1 Å². The number of hydrogen-bond donors (Lipinski definition) is 2. The summed E-state index contributed by atoms with van der Waals surface area (Å²) in [4.78, 5) is 23.6. The molecule has 0 unspecified atom stereocenters. The summed E-state index contributed by atoms with van der Waals surface area (Å²) in [6, 6.07) is 6.27. The average molecular weight is 377 g/mol. The first-order valence-electron chi connectivity index (χ1n) is 7.55. The van der Waals surface area contributed by atoms with Crippen molar-refractivity contribution >= 4 is 37.9 Å². The summed E-state index contributed by atoms with van der Waals surface area (Å²) < 4.78 is 35.0. The molecule has 0 saturated heterocycles. The fraction of sp³-hybridized carbons (Fsp3) is 0.176. The zero-order chi connectivity index (χ0) is 19.2. The third-order valence-corrected chi connectivity index (χ3v) is 4.55. The standard InChI is InChI=1S/C17H15NO7S/c1-8(2)24-10-6-12-15(19)11-5-9(17(20)21)3-4-13(11)25-16(12)14(7-10)26(18,22)23/h3-8H,1-2H3,(H,20,21)(H2,18,22,23). The zero-order valence-electron chi connectivity index (χ0n) is 13.8. The van der Waals surface area contributed by atoms with Gasteiger partial charge in [0.15, 0.2) is 5.58 Å². The smallest absolute Gasteiger partial charge is 0.335 e. The molecular weight excluding hydrogens is 362 g/mol. The monoisotopic (exact) mass is 377 g/mol. The van der Waals surface area contributed by atoms with Crippen molar-refractivity contribution in [1.29, 1.82) is 0 Å². The van der Waals surface area contributed by atoms with Crippen LogP contribution in [0.3, 0.4) is 0 Å². The summed E-state index contributed by atoms with van der Waals surface area (Å²) in [5.41, 5.74) is -0.826. The highest BCUT2D eigenvalue weighted by Crippen LogP contribution is 2.30. The van der Waals surface area contributed by atoms with Crippen molar-refractivity contribution in [2.45, 2.75) is 24.8 Å². The van der Waals surface area contributed by atoms with Gasteiger partial charge in [-0.25, -0.2) is 18.4 Å². The lowest BCUT2D eigenvalue weighted by Gasteiger charge is -2.12. The minimum Gasteiger partial charge on any atom is -0.491 e. The van der Waals surface area contributed by atoms with E-state index in [2.05, 4.69) is 0 Å². The van der Waals surface area contributed by atoms with E-state index < -0.39 is 21.4 Å². The van der Waals surface area contributed by atoms with E-state index in [0.717, 1.165) is 0 Å². The Morgan fingerprint density at radius 2 is 1.88 bits per heavy atom. The molecule has 0 bridgehead atoms. The molecular formula is C17H15NO7S. The Hall–Kier alpha value is -2.91. The number of hydrogen-bond acceptors (Lipinski definition) is 6. The fourth-order valence-corrected chi connectivity index (χ4v) is 3.28. The normalized spacial score (nSPS) is 12.0. The van der Waals surface area contributed by atoms with Gasteiger partial charge in [-0.3, -0.25) is 4.79 Å². The Kier molecular flexibility index (Phi) is 4.21. The predicted molar refractivity (Wildman–Crippen MR) is 94.1 cm³/mol. The number of benzene rings is 2. The molecule has 0 spiro atoms. The fourth-order valence-electron chi connectivity index (χ4n) is 2.59. The second kappa shape index (κ2) is 6.11. The average Bonchev–Trinajstić information content (AvgIpc) is 2.53. The minimum absolute atomic E-state index is 0.0134. The highest BCUT2D eigenvalue weighted by atomic mass is 32.2. The predicted octanol–water partition coefficient (Wildman–Crippen LogP) is 2.08. The Morgan fingerprint density at radius 3 is 2.46 bits per heavy atom. The number of primary sulfonamides is 1. The summed E-state index contributed by atoms with van der Waals surface area (Å²) in [5.74, 6) is -1.06. The Bertz CT molecular complexity index is 1210. The van der Waals surface area contributed by atoms with Crippen molar-refractivity contribution in [2.75, 3.05) is 0 Å². The van der Waals surface area contributed by atoms with Gasteiger partial charge in [-0.05, 0) is 38.1 Å². The van der Waals surface area contributed by atoms with Crippen LogP contribution in [0.15, 0.2) is 44.4 Å². The second-order valence-electron chi connectivity index (χ2n) is 5.96. The maximum absolute atomic E-state index is 12.8. The van der Waals surface area contributed by atoms with Gasteiger partial charge in [-0.15, -0.1) is 0 Å². The van der Waals surface area contributed by atoms with Crippen LogP contribution in [0.2, 0.25) is 0 Å². The van der Waals surface area contributed by atoms with Gasteiger partial charge >= 0.3 is 5.97 Å². The molecule has 1 heterocycles. The molecule has 0 atom stereocenters. The number of carbonyl (C=O) groups is 1. The molecule has 2 aromatic carbocycles. The molecule has 3 aromatic rings. The van der Waals surface area contributed by atoms with Gasteiger partial charge in [-0.1, -0.05) is 0 Å². The van der Waals surface area contributed by atoms with Gasteiger partial charge in [0.05, 0.1) is 22.4 Å². The first-order chi connectivity index (χ1) is 12.1. The number of sulfonamides is 1. The third-order valence-electron chi connectivity index (χ3n) is 3.63. The van der Waals surface area contributed by atoms with Crippen LogP contribution in [0, 0.1) is 0 Å². The van der Waals surface area contributed by atoms with Crippen LogP contribution in [-0.2, 0) is 10.0 Å². The summed E-state index contributed by atoms with van der Waals surface area (Å²) in [7, 11) is -4.20. The molecule has 0 aliphatic rings. The minimum atomic E-state index is -4.20. The van der Waals surface area contributed by atoms with Crippen molar-refractivity contribution in [3.63, 3.8) is 0 Å². The number of aromatic carboxylic acids is 1. The van der Waals surface area contributed by atoms with Gasteiger partial charge in [-0.2, -0.15) is 0 Å². The summed E-state index contributed by atoms with van der Waals surface area (Å²) in [6.45, 7) is 3.48. The molecule has 9 heteroatoms. The van der Waals surface area contributed by atoms with Crippen LogP contribution in [0.1, 0.15) is 24.2 Å². The molecule has 8 nitrogen and oxygen atoms in total. The number of ether oxygens (including phenoxy) is 1. The Labute approximate surface area is 147 Å². The van der Waals surface area contributed by atoms with Crippen LogP contribution in [0.4, 0.5) is 0 Å². The van der Waals surface area contributed by atoms with E-state index in [1.807, 2.05) is 0 Å². The summed E-state index contributed by atoms with van der Waals surface area (Å²) in [6.07, 6.45) is -0.271. The van der Waals surface area contributed by atoms with Gasteiger partial charge in [0.2, 0.25) is 15.5 Å². The van der Waals surface area contributed by atoms with Crippen LogP contribution >= 0.6 is 0 Å². The number of fused-ring (bicyclic) bond motifs is 2. The van der Waals surface area contributed by atoms with E-state index in [9.17, 15) is 18.0 Å². The first-order valence-corrected chi connectivity index (χ1v) is 9.10. The van der Waals surface area contributed by atoms with Crippen molar-refractivity contribution in [2.24, 2.45) is 5.14 Å². The van der Waals surface area contributed by atoms with E-state index in [0.29, 0.717) is 0 Å². The molecule has 3 N–H and O–H groups in total. The zero-order valence-corrected chi connectivity index (χ0v) is 14.7. The molecule has 0 saturated carbocycles. The summed E-state index contributed by atoms with van der Waals surface area (Å²) in [5, 5.41) is 14.3. The number of carboxylic acids is 1. The lowest BCUT2D eigenvalue weighted by Crippen LogP contribution is -2.15. The van der Waals surface area contributed by atoms with Crippen LogP contribution < -0.4 is 15.3 Å². The largest absolute Gasteiger partial charge is 0.491 e. The van der Waals surface area contributed by atoms with E-state index in [1.165, 1.54) is 30.3 Å². The third kappa shape index (κ3) is 3.14. The van der Waals surface area contributed by atoms with Gasteiger partial charge in [0, 0.05) is 6.07 Å². The van der Waals surface area contributed by atoms with Gasteiger partial charge in [0.1, 0.15) is 16.2 Å². The number of rotatable bonds is 4. The van der Waals surface area contributed by atoms with E-state index in [4.69, 9.17) is 19.4 Å². The molecule has 136 valence electrons. The summed E-state index contributed by atoms with van der Waals surface area (Å²) >= 11 is 0. The molecule has 0 amide bonds. The Morgan fingerprint density at radius 1 is 1.19 bits per heavy atom. The molecule has 0 aliphatic carbocycles. The van der Waals surface area contributed by atoms with Gasteiger partial charge in [0.25, 0.3) is 0 Å². The SMILES string of the molecule is CC(C)Oc1cc(S(N)(=O)=O)c2oc3ccc(C(=O)O)cc3c(=O)c2c1. The highest BCUT2D eigenvalue weighted by Gasteiger charge is 2.21. The van der Waals surface area contributed by atoms with E-state index in [1.54, 1.807) is 13.8 Å². The van der Waals surface area contributed by atoms with E-state index >= 15 is 0 Å². The highest BCUT2D eigenvalue weighted by molar-refractivity contribution is 7.89. The van der Waals surface area contributed by atoms with E-state index in [-0.39, 0.29) is 44.3 Å². The molecule has 26 heavy (non-hydrogen) atoms. The maximum atomic E-state index is 12.8.